The third kappa shape index (κ3) is 4.31. The minimum atomic E-state index is -3.68. The first kappa shape index (κ1) is 19.0. The summed E-state index contributed by atoms with van der Waals surface area (Å²) in [5, 5.41) is 0.359. The van der Waals surface area contributed by atoms with Crippen molar-refractivity contribution in [1.29, 1.82) is 0 Å². The summed E-state index contributed by atoms with van der Waals surface area (Å²) in [6, 6.07) is 13.0. The van der Waals surface area contributed by atoms with Gasteiger partial charge in [0.25, 0.3) is 0 Å². The van der Waals surface area contributed by atoms with Crippen LogP contribution in [0.15, 0.2) is 47.4 Å². The Morgan fingerprint density at radius 1 is 1.27 bits per heavy atom. The van der Waals surface area contributed by atoms with Gasteiger partial charge in [0, 0.05) is 30.3 Å². The van der Waals surface area contributed by atoms with Crippen LogP contribution < -0.4 is 14.4 Å². The monoisotopic (exact) mass is 394 g/mol. The number of benzene rings is 2. The molecular formula is C19H23ClN2O3S. The predicted octanol–water partition coefficient (Wildman–Crippen LogP) is 3.46. The third-order valence-corrected chi connectivity index (χ3v) is 6.31. The fourth-order valence-electron chi connectivity index (χ4n) is 3.22. The number of rotatable bonds is 6. The zero-order valence-electron chi connectivity index (χ0n) is 14.9. The molecule has 5 nitrogen and oxygen atoms in total. The molecule has 1 unspecified atom stereocenters. The van der Waals surface area contributed by atoms with Crippen LogP contribution in [0.3, 0.4) is 0 Å². The van der Waals surface area contributed by atoms with Crippen LogP contribution in [0.1, 0.15) is 12.0 Å². The average molecular weight is 395 g/mol. The standard InChI is InChI=1S/C19H23ClN2O3S/c1-14-4-3-5-17(10-14)22-9-8-15(13-22)12-21-26(23,24)19-11-16(20)6-7-18(19)25-2/h3-7,10-11,15,21H,8-9,12-13H2,1-2H3. The first-order valence-corrected chi connectivity index (χ1v) is 10.4. The van der Waals surface area contributed by atoms with E-state index in [1.54, 1.807) is 12.1 Å². The Hall–Kier alpha value is -1.76. The van der Waals surface area contributed by atoms with E-state index in [1.165, 1.54) is 24.4 Å². The van der Waals surface area contributed by atoms with Gasteiger partial charge in [-0.25, -0.2) is 13.1 Å². The number of nitrogens with zero attached hydrogens (tertiary/aromatic N) is 1. The number of methoxy groups -OCH3 is 1. The van der Waals surface area contributed by atoms with Gasteiger partial charge in [-0.05, 0) is 55.2 Å². The second kappa shape index (κ2) is 7.86. The molecular weight excluding hydrogens is 372 g/mol. The highest BCUT2D eigenvalue weighted by Gasteiger charge is 2.26. The molecule has 1 N–H and O–H groups in total. The molecule has 140 valence electrons. The van der Waals surface area contributed by atoms with E-state index in [1.807, 2.05) is 6.07 Å². The largest absolute Gasteiger partial charge is 0.495 e. The van der Waals surface area contributed by atoms with E-state index in [9.17, 15) is 8.42 Å². The van der Waals surface area contributed by atoms with Crippen molar-refractivity contribution in [3.8, 4) is 5.75 Å². The molecule has 1 atom stereocenters. The number of sulfonamides is 1. The maximum absolute atomic E-state index is 12.7. The first-order valence-electron chi connectivity index (χ1n) is 8.54. The molecule has 7 heteroatoms. The van der Waals surface area contributed by atoms with Crippen molar-refractivity contribution < 1.29 is 13.2 Å². The van der Waals surface area contributed by atoms with E-state index >= 15 is 0 Å². The van der Waals surface area contributed by atoms with E-state index in [0.717, 1.165) is 19.5 Å². The third-order valence-electron chi connectivity index (χ3n) is 4.63. The van der Waals surface area contributed by atoms with E-state index in [2.05, 4.69) is 34.7 Å². The van der Waals surface area contributed by atoms with Crippen molar-refractivity contribution in [2.45, 2.75) is 18.2 Å². The quantitative estimate of drug-likeness (QED) is 0.815. The van der Waals surface area contributed by atoms with E-state index in [0.29, 0.717) is 11.6 Å². The molecule has 1 fully saturated rings. The Labute approximate surface area is 160 Å². The average Bonchev–Trinajstić information content (AvgIpc) is 3.09. The lowest BCUT2D eigenvalue weighted by atomic mass is 10.1. The van der Waals surface area contributed by atoms with Crippen molar-refractivity contribution >= 4 is 27.3 Å². The summed E-state index contributed by atoms with van der Waals surface area (Å²) in [7, 11) is -2.24. The van der Waals surface area contributed by atoms with Gasteiger partial charge < -0.3 is 9.64 Å². The van der Waals surface area contributed by atoms with Gasteiger partial charge in [-0.1, -0.05) is 23.7 Å². The van der Waals surface area contributed by atoms with Crippen molar-refractivity contribution in [3.63, 3.8) is 0 Å². The van der Waals surface area contributed by atoms with Gasteiger partial charge in [0.15, 0.2) is 0 Å². The lowest BCUT2D eigenvalue weighted by Gasteiger charge is -2.19. The topological polar surface area (TPSA) is 58.6 Å². The van der Waals surface area contributed by atoms with Crippen LogP contribution >= 0.6 is 11.6 Å². The second-order valence-electron chi connectivity index (χ2n) is 6.59. The maximum Gasteiger partial charge on any atom is 0.244 e. The molecule has 1 aliphatic heterocycles. The lowest BCUT2D eigenvalue weighted by molar-refractivity contribution is 0.402. The minimum absolute atomic E-state index is 0.0704. The van der Waals surface area contributed by atoms with E-state index in [-0.39, 0.29) is 16.6 Å². The Bertz CT molecular complexity index is 886. The van der Waals surface area contributed by atoms with Crippen molar-refractivity contribution in [2.75, 3.05) is 31.6 Å². The van der Waals surface area contributed by atoms with Crippen molar-refractivity contribution in [3.05, 3.63) is 53.1 Å². The summed E-state index contributed by atoms with van der Waals surface area (Å²) in [5.41, 5.74) is 2.41. The van der Waals surface area contributed by atoms with Gasteiger partial charge >= 0.3 is 0 Å². The molecule has 1 saturated heterocycles. The Morgan fingerprint density at radius 3 is 2.81 bits per heavy atom. The molecule has 2 aromatic rings. The van der Waals surface area contributed by atoms with Crippen LogP contribution in [0.25, 0.3) is 0 Å². The van der Waals surface area contributed by atoms with Crippen LogP contribution in [0.2, 0.25) is 5.02 Å². The Kier molecular flexibility index (Phi) is 5.75. The molecule has 0 spiro atoms. The molecule has 0 bridgehead atoms. The highest BCUT2D eigenvalue weighted by Crippen LogP contribution is 2.28. The van der Waals surface area contributed by atoms with E-state index < -0.39 is 10.0 Å². The highest BCUT2D eigenvalue weighted by molar-refractivity contribution is 7.89. The minimum Gasteiger partial charge on any atom is -0.495 e. The molecule has 3 rings (SSSR count). The SMILES string of the molecule is COc1ccc(Cl)cc1S(=O)(=O)NCC1CCN(c2cccc(C)c2)C1. The van der Waals surface area contributed by atoms with Gasteiger partial charge in [-0.3, -0.25) is 0 Å². The second-order valence-corrected chi connectivity index (χ2v) is 8.76. The summed E-state index contributed by atoms with van der Waals surface area (Å²) >= 11 is 5.95. The van der Waals surface area contributed by atoms with Gasteiger partial charge in [-0.15, -0.1) is 0 Å². The van der Waals surface area contributed by atoms with Crippen molar-refractivity contribution in [1.82, 2.24) is 4.72 Å². The first-order chi connectivity index (χ1) is 12.4. The van der Waals surface area contributed by atoms with Gasteiger partial charge in [0.1, 0.15) is 10.6 Å². The van der Waals surface area contributed by atoms with Crippen LogP contribution in [0.4, 0.5) is 5.69 Å². The van der Waals surface area contributed by atoms with E-state index in [4.69, 9.17) is 16.3 Å². The zero-order valence-corrected chi connectivity index (χ0v) is 16.5. The van der Waals surface area contributed by atoms with Gasteiger partial charge in [-0.2, -0.15) is 0 Å². The number of ether oxygens (including phenoxy) is 1. The molecule has 0 amide bonds. The normalized spacial score (nSPS) is 17.5. The highest BCUT2D eigenvalue weighted by atomic mass is 35.5. The predicted molar refractivity (Wildman–Crippen MR) is 105 cm³/mol. The number of halogens is 1. The van der Waals surface area contributed by atoms with Crippen LogP contribution in [-0.4, -0.2) is 35.2 Å². The van der Waals surface area contributed by atoms with Crippen molar-refractivity contribution in [2.24, 2.45) is 5.92 Å². The molecule has 26 heavy (non-hydrogen) atoms. The molecule has 1 heterocycles. The fraction of sp³-hybridized carbons (Fsp3) is 0.368. The molecule has 1 aliphatic rings. The van der Waals surface area contributed by atoms with Crippen LogP contribution in [0.5, 0.6) is 5.75 Å². The maximum atomic E-state index is 12.7. The molecule has 0 aromatic heterocycles. The smallest absolute Gasteiger partial charge is 0.244 e. The fourth-order valence-corrected chi connectivity index (χ4v) is 4.77. The summed E-state index contributed by atoms with van der Waals surface area (Å²) < 4.78 is 33.2. The molecule has 0 radical (unpaired) electrons. The number of aryl methyl sites for hydroxylation is 1. The summed E-state index contributed by atoms with van der Waals surface area (Å²) in [4.78, 5) is 2.37. The number of hydrogen-bond acceptors (Lipinski definition) is 4. The zero-order chi connectivity index (χ0) is 18.7. The van der Waals surface area contributed by atoms with Crippen LogP contribution in [-0.2, 0) is 10.0 Å². The molecule has 0 aliphatic carbocycles. The van der Waals surface area contributed by atoms with Gasteiger partial charge in [0.2, 0.25) is 10.0 Å². The van der Waals surface area contributed by atoms with Crippen LogP contribution in [0, 0.1) is 12.8 Å². The van der Waals surface area contributed by atoms with Gasteiger partial charge in [0.05, 0.1) is 7.11 Å². The summed E-state index contributed by atoms with van der Waals surface area (Å²) in [6.07, 6.45) is 0.948. The summed E-state index contributed by atoms with van der Waals surface area (Å²) in [5.74, 6) is 0.546. The Balaban J connectivity index is 1.65. The number of anilines is 1. The number of hydrogen-bond donors (Lipinski definition) is 1. The summed E-state index contributed by atoms with van der Waals surface area (Å²) in [6.45, 7) is 4.22. The molecule has 0 saturated carbocycles. The molecule has 2 aromatic carbocycles. The Morgan fingerprint density at radius 2 is 2.08 bits per heavy atom. The lowest BCUT2D eigenvalue weighted by Crippen LogP contribution is -2.31. The number of nitrogens with one attached hydrogen (secondary N) is 1.